The average Bonchev–Trinajstić information content (AvgIpc) is 2.45. The first-order valence-corrected chi connectivity index (χ1v) is 6.63. The van der Waals surface area contributed by atoms with E-state index in [2.05, 4.69) is 10.6 Å². The molecule has 1 unspecified atom stereocenters. The highest BCUT2D eigenvalue weighted by atomic mass is 16.5. The van der Waals surface area contributed by atoms with Gasteiger partial charge in [0.25, 0.3) is 0 Å². The quantitative estimate of drug-likeness (QED) is 0.828. The van der Waals surface area contributed by atoms with Gasteiger partial charge in [0.05, 0.1) is 18.2 Å². The molecule has 0 aromatic heterocycles. The van der Waals surface area contributed by atoms with Crippen LogP contribution in [-0.2, 0) is 9.53 Å². The van der Waals surface area contributed by atoms with E-state index in [1.54, 1.807) is 6.92 Å². The predicted molar refractivity (Wildman–Crippen MR) is 74.8 cm³/mol. The molecule has 1 aromatic carbocycles. The molecule has 2 rings (SSSR count). The van der Waals surface area contributed by atoms with Crippen molar-refractivity contribution in [2.24, 2.45) is 0 Å². The molecule has 2 N–H and O–H groups in total. The molecule has 106 valence electrons. The van der Waals surface area contributed by atoms with Crippen LogP contribution in [0.3, 0.4) is 0 Å². The van der Waals surface area contributed by atoms with Crippen molar-refractivity contribution < 1.29 is 14.3 Å². The fraction of sp³-hybridized carbons (Fsp3) is 0.333. The Balaban J connectivity index is 2.34. The Morgan fingerprint density at radius 2 is 2.00 bits per heavy atom. The number of hydrogen-bond donors (Lipinski definition) is 2. The molecule has 0 saturated carbocycles. The second kappa shape index (κ2) is 6.23. The van der Waals surface area contributed by atoms with Gasteiger partial charge in [-0.15, -0.1) is 0 Å². The Morgan fingerprint density at radius 3 is 2.65 bits per heavy atom. The minimum atomic E-state index is -0.477. The number of allylic oxidation sites excluding steroid dienone is 1. The van der Waals surface area contributed by atoms with Gasteiger partial charge in [0.2, 0.25) is 0 Å². The van der Waals surface area contributed by atoms with Crippen molar-refractivity contribution in [3.63, 3.8) is 0 Å². The molecule has 1 aromatic rings. The van der Waals surface area contributed by atoms with E-state index in [0.717, 1.165) is 12.0 Å². The molecule has 0 aliphatic carbocycles. The van der Waals surface area contributed by atoms with E-state index in [9.17, 15) is 9.59 Å². The largest absolute Gasteiger partial charge is 0.462 e. The Labute approximate surface area is 118 Å². The van der Waals surface area contributed by atoms with Crippen molar-refractivity contribution in [2.45, 2.75) is 26.3 Å². The second-order valence-corrected chi connectivity index (χ2v) is 4.62. The lowest BCUT2D eigenvalue weighted by atomic mass is 9.96. The van der Waals surface area contributed by atoms with Crippen LogP contribution in [0.25, 0.3) is 0 Å². The molecule has 1 atom stereocenters. The highest BCUT2D eigenvalue weighted by Gasteiger charge is 2.31. The molecule has 0 saturated heterocycles. The van der Waals surface area contributed by atoms with Gasteiger partial charge in [0.1, 0.15) is 0 Å². The van der Waals surface area contributed by atoms with Crippen LogP contribution in [0.2, 0.25) is 0 Å². The molecular weight excluding hydrogens is 256 g/mol. The maximum absolute atomic E-state index is 12.2. The third-order valence-electron chi connectivity index (χ3n) is 3.06. The number of amides is 2. The van der Waals surface area contributed by atoms with Crippen molar-refractivity contribution in [3.05, 3.63) is 47.2 Å². The van der Waals surface area contributed by atoms with Gasteiger partial charge in [-0.3, -0.25) is 0 Å². The van der Waals surface area contributed by atoms with Crippen LogP contribution in [0, 0.1) is 0 Å². The van der Waals surface area contributed by atoms with Crippen molar-refractivity contribution >= 4 is 12.0 Å². The lowest BCUT2D eigenvalue weighted by Gasteiger charge is -2.28. The molecule has 20 heavy (non-hydrogen) atoms. The van der Waals surface area contributed by atoms with Gasteiger partial charge in [-0.1, -0.05) is 37.3 Å². The highest BCUT2D eigenvalue weighted by Crippen LogP contribution is 2.27. The number of ether oxygens (including phenoxy) is 1. The van der Waals surface area contributed by atoms with Crippen molar-refractivity contribution in [1.29, 1.82) is 0 Å². The van der Waals surface area contributed by atoms with Gasteiger partial charge in [0, 0.05) is 5.70 Å². The third-order valence-corrected chi connectivity index (χ3v) is 3.06. The summed E-state index contributed by atoms with van der Waals surface area (Å²) >= 11 is 0. The van der Waals surface area contributed by atoms with Gasteiger partial charge >= 0.3 is 12.0 Å². The maximum atomic E-state index is 12.2. The zero-order chi connectivity index (χ0) is 14.5. The minimum absolute atomic E-state index is 0.316. The van der Waals surface area contributed by atoms with Gasteiger partial charge in [-0.05, 0) is 18.9 Å². The molecule has 0 radical (unpaired) electrons. The number of carbonyl (C=O) groups is 2. The van der Waals surface area contributed by atoms with Gasteiger partial charge in [0.15, 0.2) is 0 Å². The van der Waals surface area contributed by atoms with Crippen LogP contribution in [0.15, 0.2) is 41.6 Å². The molecule has 0 bridgehead atoms. The van der Waals surface area contributed by atoms with Gasteiger partial charge < -0.3 is 15.4 Å². The summed E-state index contributed by atoms with van der Waals surface area (Å²) in [6, 6.07) is 8.57. The summed E-state index contributed by atoms with van der Waals surface area (Å²) in [5.41, 5.74) is 1.83. The molecule has 1 heterocycles. The van der Waals surface area contributed by atoms with E-state index in [1.807, 2.05) is 37.3 Å². The summed E-state index contributed by atoms with van der Waals surface area (Å²) in [6.07, 6.45) is 0.758. The maximum Gasteiger partial charge on any atom is 0.338 e. The van der Waals surface area contributed by atoms with E-state index >= 15 is 0 Å². The molecule has 2 amide bonds. The zero-order valence-electron chi connectivity index (χ0n) is 11.6. The topological polar surface area (TPSA) is 67.4 Å². The van der Waals surface area contributed by atoms with Crippen LogP contribution >= 0.6 is 0 Å². The molecule has 0 spiro atoms. The lowest BCUT2D eigenvalue weighted by Crippen LogP contribution is -2.45. The normalized spacial score (nSPS) is 18.3. The van der Waals surface area contributed by atoms with Crippen LogP contribution in [0.1, 0.15) is 31.9 Å². The summed E-state index contributed by atoms with van der Waals surface area (Å²) in [5, 5.41) is 5.38. The first-order chi connectivity index (χ1) is 9.63. The Hall–Kier alpha value is -2.30. The zero-order valence-corrected chi connectivity index (χ0v) is 11.6. The van der Waals surface area contributed by atoms with E-state index in [4.69, 9.17) is 4.74 Å². The van der Waals surface area contributed by atoms with E-state index < -0.39 is 12.0 Å². The summed E-state index contributed by atoms with van der Waals surface area (Å²) in [7, 11) is 0. The SMILES string of the molecule is CCCOC(=O)C1=C(C)NC(=O)NC1c1ccccc1. The number of benzene rings is 1. The number of nitrogens with one attached hydrogen (secondary N) is 2. The number of hydrogen-bond acceptors (Lipinski definition) is 3. The molecular formula is C15H18N2O3. The Bertz CT molecular complexity index is 537. The standard InChI is InChI=1S/C15H18N2O3/c1-3-9-20-14(18)12-10(2)16-15(19)17-13(12)11-7-5-4-6-8-11/h4-8,13H,3,9H2,1-2H3,(H2,16,17,19). The molecule has 5 nitrogen and oxygen atoms in total. The van der Waals surface area contributed by atoms with Crippen LogP contribution in [0.5, 0.6) is 0 Å². The summed E-state index contributed by atoms with van der Waals surface area (Å²) in [5.74, 6) is -0.397. The lowest BCUT2D eigenvalue weighted by molar-refractivity contribution is -0.139. The number of carbonyl (C=O) groups excluding carboxylic acids is 2. The van der Waals surface area contributed by atoms with Crippen LogP contribution in [0.4, 0.5) is 4.79 Å². The summed E-state index contributed by atoms with van der Waals surface area (Å²) in [4.78, 5) is 23.8. The fourth-order valence-corrected chi connectivity index (χ4v) is 2.13. The first kappa shape index (κ1) is 14.1. The fourth-order valence-electron chi connectivity index (χ4n) is 2.13. The van der Waals surface area contributed by atoms with Crippen molar-refractivity contribution in [3.8, 4) is 0 Å². The monoisotopic (exact) mass is 274 g/mol. The number of esters is 1. The van der Waals surface area contributed by atoms with Crippen molar-refractivity contribution in [1.82, 2.24) is 10.6 Å². The molecule has 0 fully saturated rings. The molecule has 1 aliphatic heterocycles. The number of urea groups is 1. The minimum Gasteiger partial charge on any atom is -0.462 e. The van der Waals surface area contributed by atoms with E-state index in [-0.39, 0.29) is 6.03 Å². The first-order valence-electron chi connectivity index (χ1n) is 6.63. The molecule has 5 heteroatoms. The Morgan fingerprint density at radius 1 is 1.30 bits per heavy atom. The Kier molecular flexibility index (Phi) is 4.40. The van der Waals surface area contributed by atoms with Gasteiger partial charge in [-0.25, -0.2) is 9.59 Å². The smallest absolute Gasteiger partial charge is 0.338 e. The van der Waals surface area contributed by atoms with E-state index in [1.165, 1.54) is 0 Å². The van der Waals surface area contributed by atoms with Crippen LogP contribution < -0.4 is 10.6 Å². The average molecular weight is 274 g/mol. The number of rotatable bonds is 4. The van der Waals surface area contributed by atoms with Gasteiger partial charge in [-0.2, -0.15) is 0 Å². The molecule has 1 aliphatic rings. The highest BCUT2D eigenvalue weighted by molar-refractivity contribution is 5.95. The second-order valence-electron chi connectivity index (χ2n) is 4.62. The summed E-state index contributed by atoms with van der Waals surface area (Å²) in [6.45, 7) is 4.01. The third kappa shape index (κ3) is 2.99. The predicted octanol–water partition coefficient (Wildman–Crippen LogP) is 2.27. The van der Waals surface area contributed by atoms with Crippen molar-refractivity contribution in [2.75, 3.05) is 6.61 Å². The van der Waals surface area contributed by atoms with Crippen LogP contribution in [-0.4, -0.2) is 18.6 Å². The summed E-state index contributed by atoms with van der Waals surface area (Å²) < 4.78 is 5.20. The van der Waals surface area contributed by atoms with E-state index in [0.29, 0.717) is 17.9 Å².